The lowest BCUT2D eigenvalue weighted by Gasteiger charge is -2.15. The molecule has 0 aliphatic carbocycles. The minimum absolute atomic E-state index is 0.0109. The fourth-order valence-corrected chi connectivity index (χ4v) is 4.10. The summed E-state index contributed by atoms with van der Waals surface area (Å²) in [5.41, 5.74) is 0.902. The summed E-state index contributed by atoms with van der Waals surface area (Å²) in [6, 6.07) is 3.67. The number of fused-ring (bicyclic) bond motifs is 1. The minimum Gasteiger partial charge on any atom is -0.496 e. The van der Waals surface area contributed by atoms with E-state index in [0.29, 0.717) is 41.1 Å². The van der Waals surface area contributed by atoms with Crippen LogP contribution in [0.25, 0.3) is 0 Å². The number of nitrogens with zero attached hydrogens (tertiary/aromatic N) is 1. The summed E-state index contributed by atoms with van der Waals surface area (Å²) < 4.78 is 21.8. The first-order valence-electron chi connectivity index (χ1n) is 7.11. The average molecular weight is 355 g/mol. The van der Waals surface area contributed by atoms with Crippen LogP contribution in [-0.4, -0.2) is 54.5 Å². The molecule has 1 aromatic carbocycles. The Hall–Kier alpha value is -1.51. The standard InChI is InChI=1S/C15H17NO5S2/c1-18-4-3-16-14(17)13(23-15(16)22)6-9-5-11-12(21-8-20-11)7-10(9)19-2/h5,7,13H,3-4,6,8H2,1-2H3/t13-/m0/s1. The molecule has 8 heteroatoms. The Labute approximate surface area is 144 Å². The number of hydrogen-bond donors (Lipinski definition) is 0. The summed E-state index contributed by atoms with van der Waals surface area (Å²) in [5, 5.41) is -0.256. The number of hydrogen-bond acceptors (Lipinski definition) is 7. The molecule has 1 amide bonds. The lowest BCUT2D eigenvalue weighted by molar-refractivity contribution is -0.126. The molecule has 0 aromatic heterocycles. The number of amides is 1. The van der Waals surface area contributed by atoms with Gasteiger partial charge in [0.15, 0.2) is 11.5 Å². The van der Waals surface area contributed by atoms with Crippen LogP contribution in [0.1, 0.15) is 5.56 Å². The zero-order valence-corrected chi connectivity index (χ0v) is 14.5. The van der Waals surface area contributed by atoms with Gasteiger partial charge in [0.2, 0.25) is 12.7 Å². The fraction of sp³-hybridized carbons (Fsp3) is 0.467. The van der Waals surface area contributed by atoms with Gasteiger partial charge in [0.25, 0.3) is 0 Å². The van der Waals surface area contributed by atoms with E-state index in [4.69, 9.17) is 31.2 Å². The summed E-state index contributed by atoms with van der Waals surface area (Å²) in [6.07, 6.45) is 0.521. The molecule has 0 unspecified atom stereocenters. The van der Waals surface area contributed by atoms with Crippen LogP contribution in [0.15, 0.2) is 12.1 Å². The van der Waals surface area contributed by atoms with Crippen molar-refractivity contribution in [2.75, 3.05) is 34.2 Å². The van der Waals surface area contributed by atoms with E-state index in [1.54, 1.807) is 25.2 Å². The van der Waals surface area contributed by atoms with Crippen molar-refractivity contribution >= 4 is 34.2 Å². The van der Waals surface area contributed by atoms with Crippen molar-refractivity contribution in [2.24, 2.45) is 0 Å². The van der Waals surface area contributed by atoms with Gasteiger partial charge in [-0.1, -0.05) is 24.0 Å². The van der Waals surface area contributed by atoms with Crippen LogP contribution < -0.4 is 14.2 Å². The molecule has 1 atom stereocenters. The molecule has 2 heterocycles. The van der Waals surface area contributed by atoms with Crippen molar-refractivity contribution < 1.29 is 23.7 Å². The zero-order chi connectivity index (χ0) is 16.4. The second kappa shape index (κ2) is 6.94. The molecule has 3 rings (SSSR count). The Morgan fingerprint density at radius 1 is 1.35 bits per heavy atom. The molecule has 0 saturated carbocycles. The number of rotatable bonds is 6. The van der Waals surface area contributed by atoms with Crippen molar-refractivity contribution in [3.8, 4) is 17.2 Å². The third-order valence-electron chi connectivity index (χ3n) is 3.70. The summed E-state index contributed by atoms with van der Waals surface area (Å²) in [5.74, 6) is 2.03. The highest BCUT2D eigenvalue weighted by molar-refractivity contribution is 8.24. The van der Waals surface area contributed by atoms with Crippen LogP contribution >= 0.6 is 24.0 Å². The molecule has 0 radical (unpaired) electrons. The quantitative estimate of drug-likeness (QED) is 0.722. The number of benzene rings is 1. The molecule has 0 bridgehead atoms. The molecule has 6 nitrogen and oxygen atoms in total. The van der Waals surface area contributed by atoms with Gasteiger partial charge in [-0.05, 0) is 18.1 Å². The molecule has 1 aromatic rings. The molecule has 2 aliphatic heterocycles. The van der Waals surface area contributed by atoms with E-state index in [0.717, 1.165) is 5.56 Å². The first-order valence-corrected chi connectivity index (χ1v) is 8.40. The molecule has 0 N–H and O–H groups in total. The molecule has 124 valence electrons. The van der Waals surface area contributed by atoms with Gasteiger partial charge in [-0.2, -0.15) is 0 Å². The number of ether oxygens (including phenoxy) is 4. The predicted octanol–water partition coefficient (Wildman–Crippen LogP) is 1.84. The van der Waals surface area contributed by atoms with E-state index >= 15 is 0 Å². The second-order valence-electron chi connectivity index (χ2n) is 5.08. The Balaban J connectivity index is 1.77. The van der Waals surface area contributed by atoms with E-state index in [1.165, 1.54) is 11.8 Å². The lowest BCUT2D eigenvalue weighted by Crippen LogP contribution is -2.34. The summed E-state index contributed by atoms with van der Waals surface area (Å²) >= 11 is 6.71. The highest BCUT2D eigenvalue weighted by atomic mass is 32.2. The maximum atomic E-state index is 12.5. The van der Waals surface area contributed by atoms with E-state index < -0.39 is 0 Å². The van der Waals surface area contributed by atoms with E-state index in [2.05, 4.69) is 0 Å². The van der Waals surface area contributed by atoms with Gasteiger partial charge < -0.3 is 18.9 Å². The Kier molecular flexibility index (Phi) is 4.93. The maximum absolute atomic E-state index is 12.5. The highest BCUT2D eigenvalue weighted by Crippen LogP contribution is 2.40. The molecule has 0 spiro atoms. The normalized spacial score (nSPS) is 19.6. The number of thioether (sulfide) groups is 1. The van der Waals surface area contributed by atoms with Crippen LogP contribution in [0.2, 0.25) is 0 Å². The smallest absolute Gasteiger partial charge is 0.242 e. The Morgan fingerprint density at radius 2 is 2.09 bits per heavy atom. The zero-order valence-electron chi connectivity index (χ0n) is 12.9. The topological polar surface area (TPSA) is 57.2 Å². The molecule has 1 fully saturated rings. The number of thiocarbonyl (C=S) groups is 1. The minimum atomic E-state index is -0.256. The SMILES string of the molecule is COCCN1C(=O)[C@H](Cc2cc3c(cc2OC)OCO3)SC1=S. The average Bonchev–Trinajstić information content (AvgIpc) is 3.10. The molecule has 2 aliphatic rings. The van der Waals surface area contributed by atoms with Crippen LogP contribution in [-0.2, 0) is 16.0 Å². The van der Waals surface area contributed by atoms with Crippen molar-refractivity contribution in [1.29, 1.82) is 0 Å². The van der Waals surface area contributed by atoms with Crippen molar-refractivity contribution in [3.63, 3.8) is 0 Å². The fourth-order valence-electron chi connectivity index (χ4n) is 2.53. The number of carbonyl (C=O) groups is 1. The summed E-state index contributed by atoms with van der Waals surface area (Å²) in [7, 11) is 3.20. The van der Waals surface area contributed by atoms with Gasteiger partial charge in [-0.3, -0.25) is 9.69 Å². The molecular weight excluding hydrogens is 338 g/mol. The van der Waals surface area contributed by atoms with Crippen LogP contribution in [0.5, 0.6) is 17.2 Å². The van der Waals surface area contributed by atoms with Gasteiger partial charge in [-0.25, -0.2) is 0 Å². The largest absolute Gasteiger partial charge is 0.496 e. The lowest BCUT2D eigenvalue weighted by atomic mass is 10.1. The summed E-state index contributed by atoms with van der Waals surface area (Å²) in [6.45, 7) is 1.15. The molecule has 23 heavy (non-hydrogen) atoms. The van der Waals surface area contributed by atoms with E-state index in [9.17, 15) is 4.79 Å². The first-order chi connectivity index (χ1) is 11.1. The van der Waals surface area contributed by atoms with Gasteiger partial charge in [0, 0.05) is 13.2 Å². The Morgan fingerprint density at radius 3 is 2.78 bits per heavy atom. The third kappa shape index (κ3) is 3.24. The third-order valence-corrected chi connectivity index (χ3v) is 5.29. The van der Waals surface area contributed by atoms with Gasteiger partial charge in [0.05, 0.1) is 25.5 Å². The van der Waals surface area contributed by atoms with E-state index in [-0.39, 0.29) is 18.0 Å². The molecular formula is C15H17NO5S2. The highest BCUT2D eigenvalue weighted by Gasteiger charge is 2.37. The molecule has 1 saturated heterocycles. The maximum Gasteiger partial charge on any atom is 0.242 e. The Bertz CT molecular complexity index is 637. The van der Waals surface area contributed by atoms with E-state index in [1.807, 2.05) is 6.07 Å². The van der Waals surface area contributed by atoms with Crippen LogP contribution in [0.3, 0.4) is 0 Å². The monoisotopic (exact) mass is 355 g/mol. The summed E-state index contributed by atoms with van der Waals surface area (Å²) in [4.78, 5) is 14.1. The van der Waals surface area contributed by atoms with Crippen molar-refractivity contribution in [1.82, 2.24) is 4.90 Å². The van der Waals surface area contributed by atoms with Gasteiger partial charge >= 0.3 is 0 Å². The van der Waals surface area contributed by atoms with Gasteiger partial charge in [-0.15, -0.1) is 0 Å². The predicted molar refractivity (Wildman–Crippen MR) is 90.4 cm³/mol. The van der Waals surface area contributed by atoms with Crippen molar-refractivity contribution in [3.05, 3.63) is 17.7 Å². The number of carbonyl (C=O) groups excluding carboxylic acids is 1. The van der Waals surface area contributed by atoms with Gasteiger partial charge in [0.1, 0.15) is 10.1 Å². The van der Waals surface area contributed by atoms with Crippen molar-refractivity contribution in [2.45, 2.75) is 11.7 Å². The first kappa shape index (κ1) is 16.4. The van der Waals surface area contributed by atoms with Crippen LogP contribution in [0.4, 0.5) is 0 Å². The van der Waals surface area contributed by atoms with Crippen LogP contribution in [0, 0.1) is 0 Å². The second-order valence-corrected chi connectivity index (χ2v) is 6.91. The number of methoxy groups -OCH3 is 2.